The highest BCUT2D eigenvalue weighted by Gasteiger charge is 2.41. The molecule has 1 aromatic rings. The number of rotatable bonds is 4. The summed E-state index contributed by atoms with van der Waals surface area (Å²) in [5, 5.41) is 18.0. The Morgan fingerprint density at radius 1 is 1.32 bits per heavy atom. The van der Waals surface area contributed by atoms with E-state index in [1.165, 1.54) is 11.8 Å². The second-order valence-electron chi connectivity index (χ2n) is 6.96. The van der Waals surface area contributed by atoms with E-state index < -0.39 is 28.1 Å². The Kier molecular flexibility index (Phi) is 6.61. The normalized spacial score (nSPS) is 17.3. The van der Waals surface area contributed by atoms with Crippen molar-refractivity contribution in [2.24, 2.45) is 0 Å². The second-order valence-corrected chi connectivity index (χ2v) is 8.29. The Morgan fingerprint density at radius 3 is 2.43 bits per heavy atom. The second kappa shape index (κ2) is 8.40. The number of aromatic nitrogens is 1. The molecule has 1 aromatic heterocycles. The van der Waals surface area contributed by atoms with Crippen molar-refractivity contribution in [2.75, 3.05) is 7.05 Å². The van der Waals surface area contributed by atoms with Gasteiger partial charge in [0, 0.05) is 12.7 Å². The summed E-state index contributed by atoms with van der Waals surface area (Å²) >= 11 is 0.815. The minimum atomic E-state index is -4.69. The van der Waals surface area contributed by atoms with Crippen molar-refractivity contribution in [3.05, 3.63) is 22.9 Å². The monoisotopic (exact) mass is 410 g/mol. The Morgan fingerprint density at radius 2 is 1.93 bits per heavy atom. The SMILES string of the molecule is Cc1cc(C(F)(F)F)c(C#N)c(SC(C)C(=O)N(C)C2(C#N)CCCCC2)n1. The van der Waals surface area contributed by atoms with Gasteiger partial charge >= 0.3 is 6.18 Å². The first-order chi connectivity index (χ1) is 13.1. The molecule has 1 unspecified atom stereocenters. The summed E-state index contributed by atoms with van der Waals surface area (Å²) in [6.07, 6.45) is -0.833. The number of pyridine rings is 1. The lowest BCUT2D eigenvalue weighted by Gasteiger charge is -2.40. The Hall–Kier alpha value is -2.26. The number of nitriles is 2. The molecule has 0 aliphatic heterocycles. The van der Waals surface area contributed by atoms with Crippen LogP contribution in [0.15, 0.2) is 11.1 Å². The number of aryl methyl sites for hydroxylation is 1. The van der Waals surface area contributed by atoms with Gasteiger partial charge in [0.05, 0.1) is 22.4 Å². The summed E-state index contributed by atoms with van der Waals surface area (Å²) in [7, 11) is 1.56. The molecule has 0 saturated heterocycles. The average molecular weight is 410 g/mol. The maximum absolute atomic E-state index is 13.3. The van der Waals surface area contributed by atoms with E-state index in [4.69, 9.17) is 0 Å². The number of thioether (sulfide) groups is 1. The zero-order valence-electron chi connectivity index (χ0n) is 15.9. The van der Waals surface area contributed by atoms with Gasteiger partial charge in [-0.3, -0.25) is 4.79 Å². The van der Waals surface area contributed by atoms with Gasteiger partial charge in [-0.1, -0.05) is 31.0 Å². The lowest BCUT2D eigenvalue weighted by Crippen LogP contribution is -2.52. The number of nitrogens with zero attached hydrogens (tertiary/aromatic N) is 4. The zero-order chi connectivity index (χ0) is 21.1. The van der Waals surface area contributed by atoms with E-state index in [0.29, 0.717) is 12.8 Å². The highest BCUT2D eigenvalue weighted by molar-refractivity contribution is 8.00. The van der Waals surface area contributed by atoms with Crippen LogP contribution in [0.2, 0.25) is 0 Å². The fourth-order valence-electron chi connectivity index (χ4n) is 3.42. The number of carbonyl (C=O) groups is 1. The van der Waals surface area contributed by atoms with Crippen LogP contribution in [0.5, 0.6) is 0 Å². The molecule has 1 amide bonds. The topological polar surface area (TPSA) is 80.8 Å². The van der Waals surface area contributed by atoms with Crippen LogP contribution < -0.4 is 0 Å². The van der Waals surface area contributed by atoms with E-state index in [1.54, 1.807) is 20.0 Å². The van der Waals surface area contributed by atoms with Crippen molar-refractivity contribution in [1.29, 1.82) is 10.5 Å². The van der Waals surface area contributed by atoms with E-state index in [9.17, 15) is 28.5 Å². The fraction of sp³-hybridized carbons (Fsp3) is 0.579. The molecule has 1 aliphatic carbocycles. The fourth-order valence-corrected chi connectivity index (χ4v) is 4.49. The number of alkyl halides is 3. The predicted molar refractivity (Wildman–Crippen MR) is 98.2 cm³/mol. The molecule has 1 fully saturated rings. The number of halogens is 3. The quantitative estimate of drug-likeness (QED) is 0.685. The smallest absolute Gasteiger partial charge is 0.326 e. The number of hydrogen-bond donors (Lipinski definition) is 0. The van der Waals surface area contributed by atoms with Gasteiger partial charge < -0.3 is 4.90 Å². The van der Waals surface area contributed by atoms with Crippen molar-refractivity contribution >= 4 is 17.7 Å². The molecule has 1 heterocycles. The average Bonchev–Trinajstić information content (AvgIpc) is 2.66. The van der Waals surface area contributed by atoms with Crippen LogP contribution in [0.4, 0.5) is 13.2 Å². The molecule has 1 atom stereocenters. The van der Waals surface area contributed by atoms with Gasteiger partial charge in [-0.05, 0) is 32.8 Å². The first-order valence-electron chi connectivity index (χ1n) is 8.90. The summed E-state index contributed by atoms with van der Waals surface area (Å²) in [5.74, 6) is -0.366. The Bertz CT molecular complexity index is 835. The summed E-state index contributed by atoms with van der Waals surface area (Å²) in [5.41, 5.74) is -2.42. The van der Waals surface area contributed by atoms with Crippen LogP contribution >= 0.6 is 11.8 Å². The highest BCUT2D eigenvalue weighted by Crippen LogP contribution is 2.38. The maximum atomic E-state index is 13.3. The molecule has 1 saturated carbocycles. The molecular weight excluding hydrogens is 389 g/mol. The van der Waals surface area contributed by atoms with Crippen molar-refractivity contribution in [3.8, 4) is 12.1 Å². The number of carbonyl (C=O) groups excluding carboxylic acids is 1. The van der Waals surface area contributed by atoms with Gasteiger partial charge in [-0.2, -0.15) is 23.7 Å². The summed E-state index contributed by atoms with van der Waals surface area (Å²) in [4.78, 5) is 18.4. The van der Waals surface area contributed by atoms with E-state index in [0.717, 1.165) is 37.1 Å². The number of hydrogen-bond acceptors (Lipinski definition) is 5. The molecule has 0 aromatic carbocycles. The maximum Gasteiger partial charge on any atom is 0.417 e. The summed E-state index contributed by atoms with van der Waals surface area (Å²) in [6, 6.07) is 4.66. The van der Waals surface area contributed by atoms with E-state index in [1.807, 2.05) is 0 Å². The van der Waals surface area contributed by atoms with E-state index >= 15 is 0 Å². The molecule has 2 rings (SSSR count). The molecule has 0 radical (unpaired) electrons. The first kappa shape index (κ1) is 22.0. The van der Waals surface area contributed by atoms with Gasteiger partial charge in [0.15, 0.2) is 0 Å². The third kappa shape index (κ3) is 4.41. The highest BCUT2D eigenvalue weighted by atomic mass is 32.2. The van der Waals surface area contributed by atoms with Crippen LogP contribution in [0.25, 0.3) is 0 Å². The van der Waals surface area contributed by atoms with Crippen molar-refractivity contribution in [3.63, 3.8) is 0 Å². The lowest BCUT2D eigenvalue weighted by atomic mass is 9.81. The third-order valence-electron chi connectivity index (χ3n) is 5.03. The molecule has 150 valence electrons. The van der Waals surface area contributed by atoms with Crippen LogP contribution in [0.3, 0.4) is 0 Å². The lowest BCUT2D eigenvalue weighted by molar-refractivity contribution is -0.138. The number of amides is 1. The molecule has 0 bridgehead atoms. The zero-order valence-corrected chi connectivity index (χ0v) is 16.7. The van der Waals surface area contributed by atoms with Crippen LogP contribution in [0.1, 0.15) is 55.8 Å². The van der Waals surface area contributed by atoms with Gasteiger partial charge in [0.25, 0.3) is 0 Å². The molecule has 5 nitrogen and oxygen atoms in total. The van der Waals surface area contributed by atoms with Crippen molar-refractivity contribution in [2.45, 2.75) is 67.9 Å². The minimum Gasteiger partial charge on any atom is -0.326 e. The third-order valence-corrected chi connectivity index (χ3v) is 6.10. The van der Waals surface area contributed by atoms with Gasteiger partial charge in [0.2, 0.25) is 5.91 Å². The molecule has 28 heavy (non-hydrogen) atoms. The van der Waals surface area contributed by atoms with Crippen LogP contribution in [-0.4, -0.2) is 33.6 Å². The molecule has 0 spiro atoms. The van der Waals surface area contributed by atoms with Crippen molar-refractivity contribution in [1.82, 2.24) is 9.88 Å². The summed E-state index contributed by atoms with van der Waals surface area (Å²) in [6.45, 7) is 2.96. The Labute approximate surface area is 166 Å². The van der Waals surface area contributed by atoms with Crippen LogP contribution in [0, 0.1) is 29.6 Å². The summed E-state index contributed by atoms with van der Waals surface area (Å²) < 4.78 is 39.8. The largest absolute Gasteiger partial charge is 0.417 e. The minimum absolute atomic E-state index is 0.114. The standard InChI is InChI=1S/C19H21F3N4OS/c1-12-9-15(19(20,21)22)14(10-23)16(25-12)28-13(2)17(27)26(3)18(11-24)7-5-4-6-8-18/h9,13H,4-8H2,1-3H3. The first-order valence-corrected chi connectivity index (χ1v) is 9.78. The Balaban J connectivity index is 2.31. The molecule has 9 heteroatoms. The van der Waals surface area contributed by atoms with Crippen LogP contribution in [-0.2, 0) is 11.0 Å². The predicted octanol–water partition coefficient (Wildman–Crippen LogP) is 4.45. The molecule has 1 aliphatic rings. The van der Waals surface area contributed by atoms with E-state index in [-0.39, 0.29) is 16.6 Å². The van der Waals surface area contributed by atoms with E-state index in [2.05, 4.69) is 11.1 Å². The van der Waals surface area contributed by atoms with Gasteiger partial charge in [-0.15, -0.1) is 0 Å². The van der Waals surface area contributed by atoms with Gasteiger partial charge in [-0.25, -0.2) is 4.98 Å². The van der Waals surface area contributed by atoms with Gasteiger partial charge in [0.1, 0.15) is 16.6 Å². The molecule has 0 N–H and O–H groups in total. The molecular formula is C19H21F3N4OS. The van der Waals surface area contributed by atoms with Crippen molar-refractivity contribution < 1.29 is 18.0 Å².